The van der Waals surface area contributed by atoms with Crippen LogP contribution >= 0.6 is 0 Å². The van der Waals surface area contributed by atoms with Gasteiger partial charge in [-0.3, -0.25) is 0 Å². The summed E-state index contributed by atoms with van der Waals surface area (Å²) < 4.78 is 5.65. The number of hydrogen-bond donors (Lipinski definition) is 2. The zero-order valence-corrected chi connectivity index (χ0v) is 13.6. The molecule has 0 spiro atoms. The van der Waals surface area contributed by atoms with Crippen LogP contribution in [-0.4, -0.2) is 41.3 Å². The van der Waals surface area contributed by atoms with Crippen molar-refractivity contribution in [2.45, 2.75) is 52.4 Å². The van der Waals surface area contributed by atoms with Crippen LogP contribution in [0.5, 0.6) is 0 Å². The Labute approximate surface area is 132 Å². The van der Waals surface area contributed by atoms with Gasteiger partial charge >= 0.3 is 6.03 Å². The lowest BCUT2D eigenvalue weighted by atomic mass is 10.1. The van der Waals surface area contributed by atoms with E-state index in [4.69, 9.17) is 4.74 Å². The Hall–Kier alpha value is -1.59. The minimum atomic E-state index is -0.137. The molecule has 2 rings (SSSR count). The molecule has 1 aromatic carbocycles. The van der Waals surface area contributed by atoms with Crippen molar-refractivity contribution in [3.63, 3.8) is 0 Å². The lowest BCUT2D eigenvalue weighted by Crippen LogP contribution is -2.40. The summed E-state index contributed by atoms with van der Waals surface area (Å²) in [6, 6.07) is 5.64. The highest BCUT2D eigenvalue weighted by Gasteiger charge is 2.28. The number of benzene rings is 1. The summed E-state index contributed by atoms with van der Waals surface area (Å²) in [4.78, 5) is 14.1. The van der Waals surface area contributed by atoms with Crippen LogP contribution in [0.25, 0.3) is 0 Å². The molecule has 0 aliphatic carbocycles. The summed E-state index contributed by atoms with van der Waals surface area (Å²) in [6.07, 6.45) is 1.98. The number of amides is 2. The molecule has 0 aromatic heterocycles. The summed E-state index contributed by atoms with van der Waals surface area (Å²) in [5.74, 6) is 0. The largest absolute Gasteiger partial charge is 0.394 e. The molecule has 1 aromatic rings. The fraction of sp³-hybridized carbons (Fsp3) is 0.588. The van der Waals surface area contributed by atoms with Gasteiger partial charge in [0.15, 0.2) is 0 Å². The quantitative estimate of drug-likeness (QED) is 0.879. The lowest BCUT2D eigenvalue weighted by molar-refractivity contribution is 0.0654. The average molecular weight is 306 g/mol. The minimum Gasteiger partial charge on any atom is -0.394 e. The maximum Gasteiger partial charge on any atom is 0.322 e. The SMILES string of the molecule is Cc1c(COC(C)C)cccc1NC(=O)N1CCCC1CO. The molecule has 1 unspecified atom stereocenters. The standard InChI is InChI=1S/C17H26N2O3/c1-12(2)22-11-14-6-4-8-16(13(14)3)18-17(21)19-9-5-7-15(19)10-20/h4,6,8,12,15,20H,5,7,9-11H2,1-3H3,(H,18,21). The van der Waals surface area contributed by atoms with Gasteiger partial charge in [0.25, 0.3) is 0 Å². The van der Waals surface area contributed by atoms with E-state index in [1.54, 1.807) is 4.90 Å². The highest BCUT2D eigenvalue weighted by molar-refractivity contribution is 5.90. The molecule has 1 atom stereocenters. The molecule has 0 saturated carbocycles. The Balaban J connectivity index is 2.06. The van der Waals surface area contributed by atoms with Crippen LogP contribution in [0.3, 0.4) is 0 Å². The number of rotatable bonds is 5. The number of carbonyl (C=O) groups is 1. The first-order valence-electron chi connectivity index (χ1n) is 7.91. The van der Waals surface area contributed by atoms with E-state index in [1.807, 2.05) is 39.0 Å². The van der Waals surface area contributed by atoms with Crippen LogP contribution in [0.15, 0.2) is 18.2 Å². The minimum absolute atomic E-state index is 0.0225. The van der Waals surface area contributed by atoms with Crippen LogP contribution in [-0.2, 0) is 11.3 Å². The molecule has 1 saturated heterocycles. The molecule has 122 valence electrons. The Morgan fingerprint density at radius 1 is 1.50 bits per heavy atom. The van der Waals surface area contributed by atoms with E-state index in [2.05, 4.69) is 5.32 Å². The number of likely N-dealkylation sites (tertiary alicyclic amines) is 1. The van der Waals surface area contributed by atoms with Crippen molar-refractivity contribution in [1.29, 1.82) is 0 Å². The summed E-state index contributed by atoms with van der Waals surface area (Å²) in [7, 11) is 0. The summed E-state index contributed by atoms with van der Waals surface area (Å²) in [6.45, 7) is 7.26. The fourth-order valence-corrected chi connectivity index (χ4v) is 2.71. The van der Waals surface area contributed by atoms with Crippen molar-refractivity contribution in [2.75, 3.05) is 18.5 Å². The molecule has 22 heavy (non-hydrogen) atoms. The number of anilines is 1. The summed E-state index contributed by atoms with van der Waals surface area (Å²) >= 11 is 0. The molecule has 1 aliphatic rings. The third-order valence-electron chi connectivity index (χ3n) is 4.11. The number of ether oxygens (including phenoxy) is 1. The maximum absolute atomic E-state index is 12.4. The second kappa shape index (κ2) is 7.61. The smallest absolute Gasteiger partial charge is 0.322 e. The van der Waals surface area contributed by atoms with E-state index >= 15 is 0 Å². The molecular formula is C17H26N2O3. The second-order valence-corrected chi connectivity index (χ2v) is 6.05. The van der Waals surface area contributed by atoms with Gasteiger partial charge in [0.05, 0.1) is 25.4 Å². The maximum atomic E-state index is 12.4. The van der Waals surface area contributed by atoms with E-state index in [0.29, 0.717) is 13.2 Å². The first-order valence-corrected chi connectivity index (χ1v) is 7.91. The predicted octanol–water partition coefficient (Wildman–Crippen LogP) is 2.91. The molecule has 2 N–H and O–H groups in total. The van der Waals surface area contributed by atoms with Gasteiger partial charge in [-0.05, 0) is 50.8 Å². The highest BCUT2D eigenvalue weighted by atomic mass is 16.5. The van der Waals surface area contributed by atoms with Gasteiger partial charge in [0, 0.05) is 12.2 Å². The number of aliphatic hydroxyl groups excluding tert-OH is 1. The van der Waals surface area contributed by atoms with E-state index in [1.165, 1.54) is 0 Å². The molecule has 1 aliphatic heterocycles. The topological polar surface area (TPSA) is 61.8 Å². The van der Waals surface area contributed by atoms with Crippen molar-refractivity contribution < 1.29 is 14.6 Å². The molecule has 5 heteroatoms. The molecule has 2 amide bonds. The molecule has 5 nitrogen and oxygen atoms in total. The van der Waals surface area contributed by atoms with Crippen LogP contribution < -0.4 is 5.32 Å². The van der Waals surface area contributed by atoms with Gasteiger partial charge < -0.3 is 20.1 Å². The van der Waals surface area contributed by atoms with Crippen LogP contribution in [0.2, 0.25) is 0 Å². The number of nitrogens with one attached hydrogen (secondary N) is 1. The second-order valence-electron chi connectivity index (χ2n) is 6.05. The van der Waals surface area contributed by atoms with E-state index in [-0.39, 0.29) is 24.8 Å². The van der Waals surface area contributed by atoms with Gasteiger partial charge in [-0.2, -0.15) is 0 Å². The zero-order chi connectivity index (χ0) is 16.1. The first kappa shape index (κ1) is 16.8. The van der Waals surface area contributed by atoms with Crippen molar-refractivity contribution in [3.05, 3.63) is 29.3 Å². The molecule has 1 fully saturated rings. The number of carbonyl (C=O) groups excluding carboxylic acids is 1. The van der Waals surface area contributed by atoms with Crippen LogP contribution in [0, 0.1) is 6.92 Å². The number of nitrogens with zero attached hydrogens (tertiary/aromatic N) is 1. The number of aliphatic hydroxyl groups is 1. The number of urea groups is 1. The summed E-state index contributed by atoms with van der Waals surface area (Å²) in [5, 5.41) is 12.3. The van der Waals surface area contributed by atoms with E-state index in [9.17, 15) is 9.90 Å². The van der Waals surface area contributed by atoms with Crippen molar-refractivity contribution in [3.8, 4) is 0 Å². The highest BCUT2D eigenvalue weighted by Crippen LogP contribution is 2.23. The normalized spacial score (nSPS) is 18.0. The molecule has 0 bridgehead atoms. The third kappa shape index (κ3) is 3.99. The Bertz CT molecular complexity index is 517. The van der Waals surface area contributed by atoms with Gasteiger partial charge in [0.2, 0.25) is 0 Å². The first-order chi connectivity index (χ1) is 10.5. The predicted molar refractivity (Wildman–Crippen MR) is 86.9 cm³/mol. The Kier molecular flexibility index (Phi) is 5.80. The number of hydrogen-bond acceptors (Lipinski definition) is 3. The molecule has 0 radical (unpaired) electrons. The van der Waals surface area contributed by atoms with Crippen molar-refractivity contribution >= 4 is 11.7 Å². The van der Waals surface area contributed by atoms with Gasteiger partial charge in [0.1, 0.15) is 0 Å². The van der Waals surface area contributed by atoms with Crippen molar-refractivity contribution in [1.82, 2.24) is 4.90 Å². The van der Waals surface area contributed by atoms with Gasteiger partial charge in [-0.15, -0.1) is 0 Å². The van der Waals surface area contributed by atoms with Crippen LogP contribution in [0.1, 0.15) is 37.8 Å². The van der Waals surface area contributed by atoms with E-state index < -0.39 is 0 Å². The van der Waals surface area contributed by atoms with Gasteiger partial charge in [-0.25, -0.2) is 4.79 Å². The fourth-order valence-electron chi connectivity index (χ4n) is 2.71. The van der Waals surface area contributed by atoms with Gasteiger partial charge in [-0.1, -0.05) is 12.1 Å². The lowest BCUT2D eigenvalue weighted by Gasteiger charge is -2.24. The molecular weight excluding hydrogens is 280 g/mol. The van der Waals surface area contributed by atoms with Crippen LogP contribution in [0.4, 0.5) is 10.5 Å². The Morgan fingerprint density at radius 2 is 2.27 bits per heavy atom. The summed E-state index contributed by atoms with van der Waals surface area (Å²) in [5.41, 5.74) is 2.90. The van der Waals surface area contributed by atoms with Crippen molar-refractivity contribution in [2.24, 2.45) is 0 Å². The Morgan fingerprint density at radius 3 is 2.95 bits per heavy atom. The monoisotopic (exact) mass is 306 g/mol. The van der Waals surface area contributed by atoms with E-state index in [0.717, 1.165) is 29.7 Å². The third-order valence-corrected chi connectivity index (χ3v) is 4.11. The average Bonchev–Trinajstić information content (AvgIpc) is 2.96. The zero-order valence-electron chi connectivity index (χ0n) is 13.6. The molecule has 1 heterocycles.